The number of rotatable bonds is 3. The van der Waals surface area contributed by atoms with Crippen molar-refractivity contribution >= 4 is 33.0 Å². The van der Waals surface area contributed by atoms with Gasteiger partial charge >= 0.3 is 6.29 Å². The topological polar surface area (TPSA) is 86.5 Å². The predicted molar refractivity (Wildman–Crippen MR) is 92.6 cm³/mol. The van der Waals surface area contributed by atoms with E-state index in [1.165, 1.54) is 23.5 Å². The average molecular weight is 377 g/mol. The second-order valence-corrected chi connectivity index (χ2v) is 6.86. The number of nitrogen functional groups attached to an aromatic ring is 1. The SMILES string of the molecule is Cc1cncc2sc(C(=O)NCc3ccc4c(c3)OC(F)(F)O4)c(N)c12. The summed E-state index contributed by atoms with van der Waals surface area (Å²) in [6, 6.07) is 4.35. The number of aromatic nitrogens is 1. The van der Waals surface area contributed by atoms with Crippen molar-refractivity contribution in [1.29, 1.82) is 0 Å². The molecule has 1 amide bonds. The van der Waals surface area contributed by atoms with Crippen molar-refractivity contribution in [2.24, 2.45) is 0 Å². The molecule has 0 unspecified atom stereocenters. The number of hydrogen-bond acceptors (Lipinski definition) is 6. The lowest BCUT2D eigenvalue weighted by atomic mass is 10.1. The van der Waals surface area contributed by atoms with E-state index in [1.54, 1.807) is 18.5 Å². The number of thiophene rings is 1. The highest BCUT2D eigenvalue weighted by atomic mass is 32.1. The summed E-state index contributed by atoms with van der Waals surface area (Å²) in [7, 11) is 0. The number of hydrogen-bond donors (Lipinski definition) is 2. The zero-order valence-electron chi connectivity index (χ0n) is 13.5. The zero-order chi connectivity index (χ0) is 18.5. The largest absolute Gasteiger partial charge is 0.586 e. The standard InChI is InChI=1S/C17H13F2N3O3S/c1-8-5-21-7-12-13(8)14(20)15(26-12)16(23)22-6-9-2-3-10-11(4-9)25-17(18,19)24-10/h2-5,7H,6,20H2,1H3,(H,22,23). The van der Waals surface area contributed by atoms with Gasteiger partial charge in [-0.2, -0.15) is 0 Å². The molecule has 0 bridgehead atoms. The van der Waals surface area contributed by atoms with Gasteiger partial charge in [0, 0.05) is 24.3 Å². The minimum Gasteiger partial charge on any atom is -0.397 e. The number of nitrogens with one attached hydrogen (secondary N) is 1. The Bertz CT molecular complexity index is 1040. The third-order valence-electron chi connectivity index (χ3n) is 3.95. The Morgan fingerprint density at radius 3 is 2.85 bits per heavy atom. The number of alkyl halides is 2. The summed E-state index contributed by atoms with van der Waals surface area (Å²) in [6.07, 6.45) is -0.310. The van der Waals surface area contributed by atoms with Gasteiger partial charge in [-0.05, 0) is 30.2 Å². The monoisotopic (exact) mass is 377 g/mol. The van der Waals surface area contributed by atoms with Gasteiger partial charge in [-0.15, -0.1) is 20.1 Å². The summed E-state index contributed by atoms with van der Waals surface area (Å²) < 4.78 is 35.7. The smallest absolute Gasteiger partial charge is 0.397 e. The normalized spacial score (nSPS) is 14.6. The molecule has 1 aliphatic rings. The van der Waals surface area contributed by atoms with E-state index >= 15 is 0 Å². The Hall–Kier alpha value is -2.94. The Kier molecular flexibility index (Phi) is 3.69. The van der Waals surface area contributed by atoms with Crippen LogP contribution in [0, 0.1) is 6.92 Å². The fourth-order valence-electron chi connectivity index (χ4n) is 2.78. The Labute approximate surface area is 150 Å². The van der Waals surface area contributed by atoms with Crippen LogP contribution >= 0.6 is 11.3 Å². The molecule has 1 aromatic carbocycles. The van der Waals surface area contributed by atoms with Crippen LogP contribution in [0.2, 0.25) is 0 Å². The summed E-state index contributed by atoms with van der Waals surface area (Å²) in [5.74, 6) is -0.447. The predicted octanol–water partition coefficient (Wildman–Crippen LogP) is 3.44. The summed E-state index contributed by atoms with van der Waals surface area (Å²) in [6.45, 7) is 2.01. The van der Waals surface area contributed by atoms with Crippen molar-refractivity contribution in [1.82, 2.24) is 10.3 Å². The molecule has 0 atom stereocenters. The lowest BCUT2D eigenvalue weighted by molar-refractivity contribution is -0.286. The van der Waals surface area contributed by atoms with Gasteiger partial charge in [0.05, 0.1) is 10.4 Å². The van der Waals surface area contributed by atoms with Gasteiger partial charge in [0.1, 0.15) is 4.88 Å². The van der Waals surface area contributed by atoms with Crippen molar-refractivity contribution in [3.05, 3.63) is 46.6 Å². The first kappa shape index (κ1) is 16.5. The Morgan fingerprint density at radius 1 is 1.31 bits per heavy atom. The molecule has 3 heterocycles. The third-order valence-corrected chi connectivity index (χ3v) is 5.09. The first-order chi connectivity index (χ1) is 12.3. The molecule has 6 nitrogen and oxygen atoms in total. The van der Waals surface area contributed by atoms with Crippen LogP contribution in [0.5, 0.6) is 11.5 Å². The van der Waals surface area contributed by atoms with E-state index in [-0.39, 0.29) is 24.0 Å². The van der Waals surface area contributed by atoms with Crippen LogP contribution in [0.1, 0.15) is 20.8 Å². The first-order valence-electron chi connectivity index (χ1n) is 7.63. The van der Waals surface area contributed by atoms with Gasteiger partial charge in [-0.25, -0.2) is 0 Å². The Balaban J connectivity index is 1.52. The van der Waals surface area contributed by atoms with Crippen molar-refractivity contribution in [3.8, 4) is 11.5 Å². The van der Waals surface area contributed by atoms with E-state index in [0.717, 1.165) is 15.6 Å². The number of nitrogens with zero attached hydrogens (tertiary/aromatic N) is 1. The molecule has 26 heavy (non-hydrogen) atoms. The van der Waals surface area contributed by atoms with Crippen molar-refractivity contribution < 1.29 is 23.0 Å². The van der Waals surface area contributed by atoms with E-state index < -0.39 is 6.29 Å². The molecule has 0 fully saturated rings. The van der Waals surface area contributed by atoms with Gasteiger partial charge in [0.25, 0.3) is 5.91 Å². The molecule has 0 spiro atoms. The highest BCUT2D eigenvalue weighted by molar-refractivity contribution is 7.21. The molecule has 3 aromatic rings. The Morgan fingerprint density at radius 2 is 2.08 bits per heavy atom. The lowest BCUT2D eigenvalue weighted by Gasteiger charge is -2.06. The van der Waals surface area contributed by atoms with E-state index in [4.69, 9.17) is 5.73 Å². The molecule has 0 saturated carbocycles. The van der Waals surface area contributed by atoms with Gasteiger partial charge in [0.2, 0.25) is 0 Å². The number of amides is 1. The maximum Gasteiger partial charge on any atom is 0.586 e. The van der Waals surface area contributed by atoms with Crippen LogP contribution in [-0.4, -0.2) is 17.2 Å². The van der Waals surface area contributed by atoms with Gasteiger partial charge in [-0.3, -0.25) is 9.78 Å². The van der Waals surface area contributed by atoms with Crippen LogP contribution < -0.4 is 20.5 Å². The molecule has 9 heteroatoms. The van der Waals surface area contributed by atoms with Crippen LogP contribution in [0.4, 0.5) is 14.5 Å². The van der Waals surface area contributed by atoms with Crippen LogP contribution in [0.3, 0.4) is 0 Å². The fraction of sp³-hybridized carbons (Fsp3) is 0.176. The number of ether oxygens (including phenoxy) is 2. The van der Waals surface area contributed by atoms with Crippen molar-refractivity contribution in [2.75, 3.05) is 5.73 Å². The zero-order valence-corrected chi connectivity index (χ0v) is 14.3. The number of carbonyl (C=O) groups excluding carboxylic acids is 1. The van der Waals surface area contributed by atoms with Crippen LogP contribution in [0.15, 0.2) is 30.6 Å². The van der Waals surface area contributed by atoms with E-state index in [2.05, 4.69) is 19.8 Å². The maximum absolute atomic E-state index is 13.1. The average Bonchev–Trinajstić information content (AvgIpc) is 3.08. The van der Waals surface area contributed by atoms with Crippen molar-refractivity contribution in [3.63, 3.8) is 0 Å². The van der Waals surface area contributed by atoms with Gasteiger partial charge < -0.3 is 20.5 Å². The number of benzene rings is 1. The molecule has 0 aliphatic carbocycles. The maximum atomic E-state index is 13.1. The first-order valence-corrected chi connectivity index (χ1v) is 8.45. The summed E-state index contributed by atoms with van der Waals surface area (Å²) in [4.78, 5) is 17.0. The van der Waals surface area contributed by atoms with Crippen LogP contribution in [0.25, 0.3) is 10.1 Å². The lowest BCUT2D eigenvalue weighted by Crippen LogP contribution is -2.26. The number of pyridine rings is 1. The molecule has 2 aromatic heterocycles. The summed E-state index contributed by atoms with van der Waals surface area (Å²) >= 11 is 1.26. The highest BCUT2D eigenvalue weighted by Gasteiger charge is 2.43. The third kappa shape index (κ3) is 2.80. The number of halogens is 2. The molecule has 3 N–H and O–H groups in total. The van der Waals surface area contributed by atoms with E-state index in [1.807, 2.05) is 6.92 Å². The van der Waals surface area contributed by atoms with E-state index in [0.29, 0.717) is 16.1 Å². The number of anilines is 1. The minimum atomic E-state index is -3.67. The molecule has 1 aliphatic heterocycles. The van der Waals surface area contributed by atoms with Crippen LogP contribution in [-0.2, 0) is 6.54 Å². The number of nitrogens with two attached hydrogens (primary N) is 1. The number of fused-ring (bicyclic) bond motifs is 2. The number of carbonyl (C=O) groups is 1. The second kappa shape index (κ2) is 5.80. The molecular formula is C17H13F2N3O3S. The summed E-state index contributed by atoms with van der Waals surface area (Å²) in [5.41, 5.74) is 8.01. The van der Waals surface area contributed by atoms with Gasteiger partial charge in [-0.1, -0.05) is 6.07 Å². The van der Waals surface area contributed by atoms with E-state index in [9.17, 15) is 13.6 Å². The highest BCUT2D eigenvalue weighted by Crippen LogP contribution is 2.41. The minimum absolute atomic E-state index is 0.0400. The fourth-order valence-corrected chi connectivity index (χ4v) is 3.86. The molecule has 4 rings (SSSR count). The molecule has 0 saturated heterocycles. The van der Waals surface area contributed by atoms with Crippen molar-refractivity contribution in [2.45, 2.75) is 19.8 Å². The second-order valence-electron chi connectivity index (χ2n) is 5.81. The molecular weight excluding hydrogens is 364 g/mol. The molecule has 134 valence electrons. The molecule has 0 radical (unpaired) electrons. The van der Waals surface area contributed by atoms with Gasteiger partial charge in [0.15, 0.2) is 11.5 Å². The quantitative estimate of drug-likeness (QED) is 0.730. The number of aryl methyl sites for hydroxylation is 1. The summed E-state index contributed by atoms with van der Waals surface area (Å²) in [5, 5.41) is 3.56.